The Bertz CT molecular complexity index is 569. The van der Waals surface area contributed by atoms with Crippen LogP contribution in [0.5, 0.6) is 0 Å². The van der Waals surface area contributed by atoms with E-state index < -0.39 is 10.0 Å². The third kappa shape index (κ3) is 3.35. The van der Waals surface area contributed by atoms with Crippen molar-refractivity contribution in [3.63, 3.8) is 0 Å². The van der Waals surface area contributed by atoms with E-state index in [-0.39, 0.29) is 17.6 Å². The van der Waals surface area contributed by atoms with Gasteiger partial charge in [-0.05, 0) is 19.1 Å². The summed E-state index contributed by atoms with van der Waals surface area (Å²) in [5.74, 6) is 0. The molecule has 112 valence electrons. The molecule has 1 aromatic rings. The van der Waals surface area contributed by atoms with Crippen LogP contribution in [0.2, 0.25) is 0 Å². The van der Waals surface area contributed by atoms with Crippen LogP contribution in [0.1, 0.15) is 19.4 Å². The highest BCUT2D eigenvalue weighted by Gasteiger charge is 2.44. The molecule has 6 heteroatoms. The highest BCUT2D eigenvalue weighted by Crippen LogP contribution is 2.34. The van der Waals surface area contributed by atoms with Gasteiger partial charge in [-0.3, -0.25) is 0 Å². The number of benzene rings is 1. The number of aryl methyl sites for hydroxylation is 1. The van der Waals surface area contributed by atoms with Crippen LogP contribution in [-0.4, -0.2) is 31.6 Å². The molecule has 1 aliphatic rings. The Morgan fingerprint density at radius 1 is 1.35 bits per heavy atom. The van der Waals surface area contributed by atoms with Crippen molar-refractivity contribution in [2.75, 3.05) is 11.0 Å². The van der Waals surface area contributed by atoms with E-state index in [0.29, 0.717) is 11.5 Å². The predicted molar refractivity (Wildman–Crippen MR) is 87.7 cm³/mol. The first kappa shape index (κ1) is 16.2. The lowest BCUT2D eigenvalue weighted by molar-refractivity contribution is 0.113. The number of rotatable bonds is 4. The topological polar surface area (TPSA) is 55.4 Å². The van der Waals surface area contributed by atoms with E-state index in [4.69, 9.17) is 4.74 Å². The number of alkyl halides is 1. The van der Waals surface area contributed by atoms with Crippen LogP contribution < -0.4 is 4.72 Å². The van der Waals surface area contributed by atoms with Gasteiger partial charge in [0, 0.05) is 9.84 Å². The number of hydrogen-bond donors (Lipinski definition) is 1. The van der Waals surface area contributed by atoms with Crippen molar-refractivity contribution in [1.82, 2.24) is 4.72 Å². The van der Waals surface area contributed by atoms with Crippen LogP contribution in [0.3, 0.4) is 0 Å². The fourth-order valence-corrected chi connectivity index (χ4v) is 4.53. The molecule has 0 amide bonds. The van der Waals surface area contributed by atoms with Crippen molar-refractivity contribution in [1.29, 1.82) is 0 Å². The van der Waals surface area contributed by atoms with Crippen LogP contribution in [0.25, 0.3) is 0 Å². The molecular formula is C14H20INO3S. The SMILES string of the molecule is Cc1ccc(S(=O)(=O)N[C@H]2[C@H](CI)OCC2(C)C)cc1. The van der Waals surface area contributed by atoms with Gasteiger partial charge in [0.1, 0.15) is 0 Å². The number of sulfonamides is 1. The number of ether oxygens (including phenoxy) is 1. The Kier molecular flexibility index (Phi) is 4.78. The Morgan fingerprint density at radius 2 is 1.95 bits per heavy atom. The third-order valence-electron chi connectivity index (χ3n) is 3.65. The lowest BCUT2D eigenvalue weighted by Crippen LogP contribution is -2.48. The molecule has 2 atom stereocenters. The second kappa shape index (κ2) is 5.90. The minimum absolute atomic E-state index is 0.0779. The van der Waals surface area contributed by atoms with Gasteiger partial charge in [0.2, 0.25) is 10.0 Å². The molecule has 2 rings (SSSR count). The minimum atomic E-state index is -3.51. The number of nitrogens with one attached hydrogen (secondary N) is 1. The van der Waals surface area contributed by atoms with Crippen LogP contribution in [0.4, 0.5) is 0 Å². The quantitative estimate of drug-likeness (QED) is 0.614. The molecule has 1 saturated heterocycles. The molecule has 20 heavy (non-hydrogen) atoms. The van der Waals surface area contributed by atoms with Gasteiger partial charge in [-0.2, -0.15) is 0 Å². The van der Waals surface area contributed by atoms with E-state index in [2.05, 4.69) is 27.3 Å². The van der Waals surface area contributed by atoms with E-state index in [0.717, 1.165) is 9.99 Å². The van der Waals surface area contributed by atoms with Gasteiger partial charge in [0.05, 0.1) is 23.6 Å². The standard InChI is InChI=1S/C14H20INO3S/c1-10-4-6-11(7-5-10)20(17,18)16-13-12(8-15)19-9-14(13,2)3/h4-7,12-13,16H,8-9H2,1-3H3/t12-,13-/m0/s1. The summed E-state index contributed by atoms with van der Waals surface area (Å²) in [5.41, 5.74) is 0.840. The van der Waals surface area contributed by atoms with Crippen molar-refractivity contribution in [2.45, 2.75) is 37.8 Å². The maximum atomic E-state index is 12.5. The van der Waals surface area contributed by atoms with E-state index in [9.17, 15) is 8.42 Å². The van der Waals surface area contributed by atoms with Crippen LogP contribution in [0.15, 0.2) is 29.2 Å². The average Bonchev–Trinajstić information content (AvgIpc) is 2.65. The predicted octanol–water partition coefficient (Wildman–Crippen LogP) is 2.50. The summed E-state index contributed by atoms with van der Waals surface area (Å²) in [5, 5.41) is 0. The summed E-state index contributed by atoms with van der Waals surface area (Å²) >= 11 is 2.23. The summed E-state index contributed by atoms with van der Waals surface area (Å²) in [4.78, 5) is 0.304. The first-order valence-electron chi connectivity index (χ1n) is 6.53. The Morgan fingerprint density at radius 3 is 2.50 bits per heavy atom. The summed E-state index contributed by atoms with van der Waals surface area (Å²) in [6.07, 6.45) is -0.0779. The Balaban J connectivity index is 2.25. The molecule has 1 N–H and O–H groups in total. The molecule has 1 aromatic carbocycles. The number of hydrogen-bond acceptors (Lipinski definition) is 3. The first-order valence-corrected chi connectivity index (χ1v) is 9.54. The maximum Gasteiger partial charge on any atom is 0.240 e. The zero-order valence-corrected chi connectivity index (χ0v) is 14.9. The molecule has 1 fully saturated rings. The van der Waals surface area contributed by atoms with Gasteiger partial charge in [-0.15, -0.1) is 0 Å². The fraction of sp³-hybridized carbons (Fsp3) is 0.571. The Labute approximate surface area is 134 Å². The normalized spacial score (nSPS) is 25.8. The highest BCUT2D eigenvalue weighted by atomic mass is 127. The van der Waals surface area contributed by atoms with Crippen molar-refractivity contribution < 1.29 is 13.2 Å². The van der Waals surface area contributed by atoms with Gasteiger partial charge in [0.25, 0.3) is 0 Å². The van der Waals surface area contributed by atoms with Crippen LogP contribution >= 0.6 is 22.6 Å². The van der Waals surface area contributed by atoms with E-state index in [1.54, 1.807) is 24.3 Å². The molecule has 0 spiro atoms. The zero-order valence-electron chi connectivity index (χ0n) is 11.9. The van der Waals surface area contributed by atoms with Crippen molar-refractivity contribution in [2.24, 2.45) is 5.41 Å². The molecule has 0 radical (unpaired) electrons. The average molecular weight is 409 g/mol. The lowest BCUT2D eigenvalue weighted by Gasteiger charge is -2.28. The van der Waals surface area contributed by atoms with Gasteiger partial charge in [0.15, 0.2) is 0 Å². The van der Waals surface area contributed by atoms with Gasteiger partial charge in [-0.1, -0.05) is 54.1 Å². The van der Waals surface area contributed by atoms with Crippen molar-refractivity contribution in [3.05, 3.63) is 29.8 Å². The molecule has 4 nitrogen and oxygen atoms in total. The second-order valence-corrected chi connectivity index (χ2v) is 8.50. The molecular weight excluding hydrogens is 389 g/mol. The highest BCUT2D eigenvalue weighted by molar-refractivity contribution is 14.1. The molecule has 1 heterocycles. The molecule has 0 unspecified atom stereocenters. The van der Waals surface area contributed by atoms with Crippen LogP contribution in [-0.2, 0) is 14.8 Å². The lowest BCUT2D eigenvalue weighted by atomic mass is 9.86. The van der Waals surface area contributed by atoms with Gasteiger partial charge in [-0.25, -0.2) is 13.1 Å². The number of halogens is 1. The van der Waals surface area contributed by atoms with E-state index >= 15 is 0 Å². The fourth-order valence-electron chi connectivity index (χ4n) is 2.33. The maximum absolute atomic E-state index is 12.5. The second-order valence-electron chi connectivity index (χ2n) is 5.90. The zero-order chi connectivity index (χ0) is 15.0. The summed E-state index contributed by atoms with van der Waals surface area (Å²) in [7, 11) is -3.51. The van der Waals surface area contributed by atoms with E-state index in [1.165, 1.54) is 0 Å². The molecule has 0 aliphatic carbocycles. The van der Waals surface area contributed by atoms with Crippen LogP contribution in [0, 0.1) is 12.3 Å². The van der Waals surface area contributed by atoms with Gasteiger partial charge >= 0.3 is 0 Å². The van der Waals surface area contributed by atoms with Crippen molar-refractivity contribution in [3.8, 4) is 0 Å². The summed E-state index contributed by atoms with van der Waals surface area (Å²) in [6, 6.07) is 6.69. The van der Waals surface area contributed by atoms with Crippen molar-refractivity contribution >= 4 is 32.6 Å². The first-order chi connectivity index (χ1) is 9.26. The third-order valence-corrected chi connectivity index (χ3v) is 5.97. The van der Waals surface area contributed by atoms with Gasteiger partial charge < -0.3 is 4.74 Å². The Hall–Kier alpha value is -0.180. The molecule has 0 aromatic heterocycles. The summed E-state index contributed by atoms with van der Waals surface area (Å²) < 4.78 is 34.2. The molecule has 0 saturated carbocycles. The van der Waals surface area contributed by atoms with E-state index in [1.807, 2.05) is 20.8 Å². The molecule has 1 aliphatic heterocycles. The molecule has 0 bridgehead atoms. The summed E-state index contributed by atoms with van der Waals surface area (Å²) in [6.45, 7) is 6.56. The monoisotopic (exact) mass is 409 g/mol. The smallest absolute Gasteiger partial charge is 0.240 e. The minimum Gasteiger partial charge on any atom is -0.375 e. The largest absolute Gasteiger partial charge is 0.375 e.